The Balaban J connectivity index is 1.80. The number of rotatable bonds is 3. The average molecular weight is 300 g/mol. The molecule has 4 rings (SSSR count). The second-order valence-corrected chi connectivity index (χ2v) is 5.57. The van der Waals surface area contributed by atoms with Crippen LogP contribution in [0.4, 0.5) is 5.69 Å². The summed E-state index contributed by atoms with van der Waals surface area (Å²) in [7, 11) is 0. The number of hydrazine groups is 1. The van der Waals surface area contributed by atoms with Gasteiger partial charge in [0.25, 0.3) is 5.91 Å². The molecule has 23 heavy (non-hydrogen) atoms. The van der Waals surface area contributed by atoms with E-state index in [0.29, 0.717) is 0 Å². The van der Waals surface area contributed by atoms with Gasteiger partial charge < -0.3 is 0 Å². The summed E-state index contributed by atoms with van der Waals surface area (Å²) in [6.07, 6.45) is 0. The zero-order valence-corrected chi connectivity index (χ0v) is 12.5. The van der Waals surface area contributed by atoms with E-state index in [0.717, 1.165) is 16.8 Å². The molecule has 1 heterocycles. The minimum absolute atomic E-state index is 0.0288. The zero-order chi connectivity index (χ0) is 15.7. The van der Waals surface area contributed by atoms with E-state index in [4.69, 9.17) is 0 Å². The number of nitrogens with zero attached hydrogens (tertiary/aromatic N) is 1. The summed E-state index contributed by atoms with van der Waals surface area (Å²) in [5.74, 6) is 0.0288. The lowest BCUT2D eigenvalue weighted by Crippen LogP contribution is -2.74. The Hall–Kier alpha value is -2.91. The van der Waals surface area contributed by atoms with Crippen molar-refractivity contribution in [1.29, 1.82) is 0 Å². The van der Waals surface area contributed by atoms with Gasteiger partial charge in [-0.05, 0) is 23.3 Å². The van der Waals surface area contributed by atoms with Crippen LogP contribution >= 0.6 is 0 Å². The molecular formula is C20H16N2O. The molecule has 3 heteroatoms. The molecule has 112 valence electrons. The molecule has 3 aromatic carbocycles. The van der Waals surface area contributed by atoms with Gasteiger partial charge in [-0.1, -0.05) is 78.9 Å². The number of amides is 1. The minimum Gasteiger partial charge on any atom is -0.270 e. The predicted molar refractivity (Wildman–Crippen MR) is 90.7 cm³/mol. The molecule has 0 radical (unpaired) electrons. The molecule has 0 bridgehead atoms. The van der Waals surface area contributed by atoms with Crippen LogP contribution in [0.3, 0.4) is 0 Å². The van der Waals surface area contributed by atoms with E-state index in [2.05, 4.69) is 5.43 Å². The minimum atomic E-state index is -0.821. The van der Waals surface area contributed by atoms with Crippen LogP contribution < -0.4 is 10.4 Å². The van der Waals surface area contributed by atoms with Crippen molar-refractivity contribution in [2.75, 3.05) is 5.01 Å². The molecule has 1 N–H and O–H groups in total. The fraction of sp³-hybridized carbons (Fsp3) is 0.0500. The summed E-state index contributed by atoms with van der Waals surface area (Å²) in [6.45, 7) is 0. The Kier molecular flexibility index (Phi) is 3.21. The molecule has 1 saturated heterocycles. The van der Waals surface area contributed by atoms with Crippen LogP contribution in [0.25, 0.3) is 0 Å². The lowest BCUT2D eigenvalue weighted by molar-refractivity contribution is -0.132. The Bertz CT molecular complexity index is 777. The molecule has 0 aliphatic carbocycles. The molecule has 1 fully saturated rings. The van der Waals surface area contributed by atoms with Gasteiger partial charge in [0.1, 0.15) is 0 Å². The van der Waals surface area contributed by atoms with E-state index in [-0.39, 0.29) is 5.91 Å². The van der Waals surface area contributed by atoms with Gasteiger partial charge in [-0.2, -0.15) is 0 Å². The van der Waals surface area contributed by atoms with Crippen molar-refractivity contribution in [3.63, 3.8) is 0 Å². The van der Waals surface area contributed by atoms with Crippen molar-refractivity contribution < 1.29 is 4.79 Å². The molecule has 0 unspecified atom stereocenters. The van der Waals surface area contributed by atoms with Crippen LogP contribution in [0, 0.1) is 0 Å². The molecule has 1 aliphatic heterocycles. The van der Waals surface area contributed by atoms with Crippen molar-refractivity contribution in [1.82, 2.24) is 5.43 Å². The van der Waals surface area contributed by atoms with Crippen LogP contribution in [0.15, 0.2) is 91.0 Å². The first-order valence-corrected chi connectivity index (χ1v) is 7.61. The fourth-order valence-electron chi connectivity index (χ4n) is 3.06. The maximum atomic E-state index is 13.1. The smallest absolute Gasteiger partial charge is 0.270 e. The highest BCUT2D eigenvalue weighted by molar-refractivity contribution is 6.08. The van der Waals surface area contributed by atoms with Crippen molar-refractivity contribution >= 4 is 11.6 Å². The molecule has 0 aromatic heterocycles. The number of carbonyl (C=O) groups excluding carboxylic acids is 1. The highest BCUT2D eigenvalue weighted by Crippen LogP contribution is 2.39. The summed E-state index contributed by atoms with van der Waals surface area (Å²) in [6, 6.07) is 29.3. The fourth-order valence-corrected chi connectivity index (χ4v) is 3.06. The summed E-state index contributed by atoms with van der Waals surface area (Å²) in [4.78, 5) is 13.1. The highest BCUT2D eigenvalue weighted by Gasteiger charge is 2.55. The van der Waals surface area contributed by atoms with Crippen molar-refractivity contribution in [3.8, 4) is 0 Å². The topological polar surface area (TPSA) is 32.3 Å². The van der Waals surface area contributed by atoms with Gasteiger partial charge in [0.05, 0.1) is 5.69 Å². The Morgan fingerprint density at radius 3 is 1.52 bits per heavy atom. The van der Waals surface area contributed by atoms with E-state index >= 15 is 0 Å². The van der Waals surface area contributed by atoms with Crippen molar-refractivity contribution in [3.05, 3.63) is 102 Å². The lowest BCUT2D eigenvalue weighted by atomic mass is 9.79. The molecule has 0 spiro atoms. The second-order valence-electron chi connectivity index (χ2n) is 5.57. The van der Waals surface area contributed by atoms with Gasteiger partial charge in [-0.3, -0.25) is 4.79 Å². The van der Waals surface area contributed by atoms with E-state index in [1.807, 2.05) is 91.0 Å². The van der Waals surface area contributed by atoms with Gasteiger partial charge in [0.2, 0.25) is 0 Å². The second kappa shape index (κ2) is 5.38. The Morgan fingerprint density at radius 1 is 0.652 bits per heavy atom. The summed E-state index contributed by atoms with van der Waals surface area (Å²) in [5.41, 5.74) is 5.30. The number of carbonyl (C=O) groups is 1. The molecule has 0 saturated carbocycles. The van der Waals surface area contributed by atoms with Gasteiger partial charge in [0, 0.05) is 0 Å². The first kappa shape index (κ1) is 13.7. The molecular weight excluding hydrogens is 284 g/mol. The van der Waals surface area contributed by atoms with Gasteiger partial charge >= 0.3 is 0 Å². The maximum absolute atomic E-state index is 13.1. The number of nitrogens with one attached hydrogen (secondary N) is 1. The quantitative estimate of drug-likeness (QED) is 0.803. The SMILES string of the molecule is O=C1N(c2ccccc2)NC1(c1ccccc1)c1ccccc1. The monoisotopic (exact) mass is 300 g/mol. The average Bonchev–Trinajstić information content (AvgIpc) is 2.63. The van der Waals surface area contributed by atoms with Crippen LogP contribution in [0.1, 0.15) is 11.1 Å². The van der Waals surface area contributed by atoms with E-state index in [9.17, 15) is 4.79 Å². The predicted octanol–water partition coefficient (Wildman–Crippen LogP) is 3.48. The van der Waals surface area contributed by atoms with Crippen LogP contribution in [-0.2, 0) is 10.3 Å². The molecule has 0 atom stereocenters. The third-order valence-corrected chi connectivity index (χ3v) is 4.23. The van der Waals surface area contributed by atoms with Gasteiger partial charge in [-0.25, -0.2) is 10.4 Å². The third-order valence-electron chi connectivity index (χ3n) is 4.23. The number of hydrogen-bond donors (Lipinski definition) is 1. The van der Waals surface area contributed by atoms with E-state index in [1.165, 1.54) is 0 Å². The summed E-state index contributed by atoms with van der Waals surface area (Å²) >= 11 is 0. The summed E-state index contributed by atoms with van der Waals surface area (Å²) < 4.78 is 0. The standard InChI is InChI=1S/C20H16N2O/c23-19-20(16-10-4-1-5-11-16,17-12-6-2-7-13-17)21-22(19)18-14-8-3-9-15-18/h1-15,21H. The van der Waals surface area contributed by atoms with Crippen molar-refractivity contribution in [2.24, 2.45) is 0 Å². The van der Waals surface area contributed by atoms with Crippen LogP contribution in [0.5, 0.6) is 0 Å². The lowest BCUT2D eigenvalue weighted by Gasteiger charge is -2.50. The molecule has 3 aromatic rings. The van der Waals surface area contributed by atoms with E-state index < -0.39 is 5.54 Å². The summed E-state index contributed by atoms with van der Waals surface area (Å²) in [5, 5.41) is 1.61. The molecule has 1 amide bonds. The number of hydrogen-bond acceptors (Lipinski definition) is 2. The Morgan fingerprint density at radius 2 is 1.09 bits per heavy atom. The van der Waals surface area contributed by atoms with Gasteiger partial charge in [0.15, 0.2) is 5.54 Å². The first-order chi connectivity index (χ1) is 11.3. The zero-order valence-electron chi connectivity index (χ0n) is 12.5. The van der Waals surface area contributed by atoms with Crippen LogP contribution in [0.2, 0.25) is 0 Å². The number of benzene rings is 3. The van der Waals surface area contributed by atoms with Crippen LogP contribution in [-0.4, -0.2) is 5.91 Å². The maximum Gasteiger partial charge on any atom is 0.272 e. The molecule has 3 nitrogen and oxygen atoms in total. The molecule has 1 aliphatic rings. The van der Waals surface area contributed by atoms with E-state index in [1.54, 1.807) is 5.01 Å². The van der Waals surface area contributed by atoms with Gasteiger partial charge in [-0.15, -0.1) is 0 Å². The largest absolute Gasteiger partial charge is 0.272 e. The first-order valence-electron chi connectivity index (χ1n) is 7.61. The number of anilines is 1. The number of para-hydroxylation sites is 1. The Labute approximate surface area is 135 Å². The van der Waals surface area contributed by atoms with Crippen molar-refractivity contribution in [2.45, 2.75) is 5.54 Å². The normalized spacial score (nSPS) is 16.0. The highest BCUT2D eigenvalue weighted by atomic mass is 16.2. The third kappa shape index (κ3) is 2.05.